The molecule has 0 aromatic heterocycles. The first-order valence-corrected chi connectivity index (χ1v) is 4.49. The summed E-state index contributed by atoms with van der Waals surface area (Å²) in [5.74, 6) is 5.45. The van der Waals surface area contributed by atoms with E-state index in [0.717, 1.165) is 17.4 Å². The largest absolute Gasteiger partial charge is 0.384 e. The molecule has 0 aliphatic rings. The van der Waals surface area contributed by atoms with Gasteiger partial charge in [0.25, 0.3) is 0 Å². The molecular weight excluding hydrogens is 176 g/mol. The summed E-state index contributed by atoms with van der Waals surface area (Å²) in [6, 6.07) is 7.66. The molecule has 14 heavy (non-hydrogen) atoms. The van der Waals surface area contributed by atoms with Gasteiger partial charge in [0, 0.05) is 12.0 Å². The van der Waals surface area contributed by atoms with Crippen LogP contribution in [-0.4, -0.2) is 18.0 Å². The smallest absolute Gasteiger partial charge is 0.120 e. The highest BCUT2D eigenvalue weighted by Gasteiger charge is 1.97. The molecule has 1 rings (SSSR count). The first kappa shape index (κ1) is 10.5. The van der Waals surface area contributed by atoms with Crippen molar-refractivity contribution in [3.63, 3.8) is 0 Å². The van der Waals surface area contributed by atoms with E-state index in [9.17, 15) is 4.79 Å². The van der Waals surface area contributed by atoms with E-state index in [0.29, 0.717) is 12.8 Å². The van der Waals surface area contributed by atoms with E-state index in [1.807, 2.05) is 24.3 Å². The lowest BCUT2D eigenvalue weighted by molar-refractivity contribution is -0.107. The van der Waals surface area contributed by atoms with E-state index < -0.39 is 0 Å². The zero-order valence-corrected chi connectivity index (χ0v) is 7.86. The van der Waals surface area contributed by atoms with Gasteiger partial charge in [0.1, 0.15) is 12.9 Å². The van der Waals surface area contributed by atoms with Crippen LogP contribution in [0, 0.1) is 11.8 Å². The molecule has 0 atom stereocenters. The Morgan fingerprint density at radius 2 is 2.14 bits per heavy atom. The summed E-state index contributed by atoms with van der Waals surface area (Å²) in [6.45, 7) is -0.137. The molecule has 1 aromatic rings. The van der Waals surface area contributed by atoms with Crippen molar-refractivity contribution in [2.24, 2.45) is 0 Å². The molecule has 1 N–H and O–H groups in total. The molecule has 0 heterocycles. The Balaban J connectivity index is 2.85. The highest BCUT2D eigenvalue weighted by molar-refractivity contribution is 5.51. The lowest BCUT2D eigenvalue weighted by Crippen LogP contribution is -1.90. The van der Waals surface area contributed by atoms with Gasteiger partial charge in [0.05, 0.1) is 0 Å². The number of aldehydes is 1. The van der Waals surface area contributed by atoms with E-state index in [2.05, 4.69) is 11.8 Å². The zero-order chi connectivity index (χ0) is 10.2. The van der Waals surface area contributed by atoms with Crippen LogP contribution in [0.1, 0.15) is 17.5 Å². The van der Waals surface area contributed by atoms with E-state index in [1.54, 1.807) is 0 Å². The van der Waals surface area contributed by atoms with Crippen LogP contribution < -0.4 is 0 Å². The quantitative estimate of drug-likeness (QED) is 0.571. The molecule has 0 spiro atoms. The highest BCUT2D eigenvalue weighted by atomic mass is 16.2. The number of carbonyl (C=O) groups excluding carboxylic acids is 1. The fourth-order valence-electron chi connectivity index (χ4n) is 1.21. The van der Waals surface area contributed by atoms with Crippen LogP contribution in [0.25, 0.3) is 0 Å². The molecular formula is C12H12O2. The van der Waals surface area contributed by atoms with Crippen LogP contribution in [0.15, 0.2) is 24.3 Å². The van der Waals surface area contributed by atoms with Crippen molar-refractivity contribution in [2.45, 2.75) is 12.8 Å². The van der Waals surface area contributed by atoms with Crippen LogP contribution in [0.4, 0.5) is 0 Å². The van der Waals surface area contributed by atoms with Crippen molar-refractivity contribution in [1.29, 1.82) is 0 Å². The molecule has 0 aliphatic heterocycles. The minimum atomic E-state index is -0.137. The molecule has 0 fully saturated rings. The summed E-state index contributed by atoms with van der Waals surface area (Å²) in [7, 11) is 0. The average molecular weight is 188 g/mol. The predicted molar refractivity (Wildman–Crippen MR) is 54.8 cm³/mol. The normalized spacial score (nSPS) is 8.93. The Bertz CT molecular complexity index is 358. The van der Waals surface area contributed by atoms with Gasteiger partial charge in [0.15, 0.2) is 0 Å². The van der Waals surface area contributed by atoms with E-state index in [4.69, 9.17) is 5.11 Å². The van der Waals surface area contributed by atoms with Crippen LogP contribution >= 0.6 is 0 Å². The SMILES string of the molecule is O=CCCc1ccccc1C#CCO. The monoisotopic (exact) mass is 188 g/mol. The predicted octanol–water partition coefficient (Wildman–Crippen LogP) is 1.16. The van der Waals surface area contributed by atoms with Crippen molar-refractivity contribution in [3.8, 4) is 11.8 Å². The third kappa shape index (κ3) is 3.04. The van der Waals surface area contributed by atoms with Gasteiger partial charge in [-0.15, -0.1) is 0 Å². The second-order valence-electron chi connectivity index (χ2n) is 2.82. The van der Waals surface area contributed by atoms with Crippen molar-refractivity contribution in [2.75, 3.05) is 6.61 Å². The van der Waals surface area contributed by atoms with Crippen molar-refractivity contribution >= 4 is 6.29 Å². The number of aliphatic hydroxyl groups excluding tert-OH is 1. The number of benzene rings is 1. The third-order valence-electron chi connectivity index (χ3n) is 1.85. The number of hydrogen-bond donors (Lipinski definition) is 1. The Morgan fingerprint density at radius 3 is 2.86 bits per heavy atom. The Kier molecular flexibility index (Phi) is 4.46. The topological polar surface area (TPSA) is 37.3 Å². The van der Waals surface area contributed by atoms with Gasteiger partial charge in [-0.3, -0.25) is 0 Å². The number of rotatable bonds is 3. The van der Waals surface area contributed by atoms with Crippen LogP contribution in [-0.2, 0) is 11.2 Å². The van der Waals surface area contributed by atoms with E-state index in [1.165, 1.54) is 0 Å². The van der Waals surface area contributed by atoms with Gasteiger partial charge >= 0.3 is 0 Å². The van der Waals surface area contributed by atoms with Crippen LogP contribution in [0.3, 0.4) is 0 Å². The summed E-state index contributed by atoms with van der Waals surface area (Å²) < 4.78 is 0. The fraction of sp³-hybridized carbons (Fsp3) is 0.250. The Hall–Kier alpha value is -1.59. The van der Waals surface area contributed by atoms with E-state index >= 15 is 0 Å². The Morgan fingerprint density at radius 1 is 1.36 bits per heavy atom. The molecule has 0 saturated carbocycles. The first-order chi connectivity index (χ1) is 6.88. The number of hydrogen-bond acceptors (Lipinski definition) is 2. The van der Waals surface area contributed by atoms with Crippen LogP contribution in [0.2, 0.25) is 0 Å². The molecule has 72 valence electrons. The lowest BCUT2D eigenvalue weighted by Gasteiger charge is -2.00. The second kappa shape index (κ2) is 5.95. The van der Waals surface area contributed by atoms with Gasteiger partial charge in [-0.25, -0.2) is 0 Å². The molecule has 2 heteroatoms. The van der Waals surface area contributed by atoms with Gasteiger partial charge in [0.2, 0.25) is 0 Å². The molecule has 0 unspecified atom stereocenters. The van der Waals surface area contributed by atoms with Gasteiger partial charge in [-0.05, 0) is 18.1 Å². The maximum atomic E-state index is 10.2. The van der Waals surface area contributed by atoms with Gasteiger partial charge < -0.3 is 9.90 Å². The van der Waals surface area contributed by atoms with Crippen LogP contribution in [0.5, 0.6) is 0 Å². The first-order valence-electron chi connectivity index (χ1n) is 4.49. The second-order valence-corrected chi connectivity index (χ2v) is 2.82. The van der Waals surface area contributed by atoms with Crippen molar-refractivity contribution in [1.82, 2.24) is 0 Å². The summed E-state index contributed by atoms with van der Waals surface area (Å²) in [5.41, 5.74) is 1.95. The minimum absolute atomic E-state index is 0.137. The molecule has 0 amide bonds. The molecule has 0 bridgehead atoms. The van der Waals surface area contributed by atoms with E-state index in [-0.39, 0.29) is 6.61 Å². The lowest BCUT2D eigenvalue weighted by atomic mass is 10.0. The maximum Gasteiger partial charge on any atom is 0.120 e. The average Bonchev–Trinajstić information content (AvgIpc) is 2.24. The molecule has 1 aromatic carbocycles. The summed E-state index contributed by atoms with van der Waals surface area (Å²) in [4.78, 5) is 10.2. The zero-order valence-electron chi connectivity index (χ0n) is 7.86. The number of carbonyl (C=O) groups is 1. The number of aliphatic hydroxyl groups is 1. The maximum absolute atomic E-state index is 10.2. The minimum Gasteiger partial charge on any atom is -0.384 e. The van der Waals surface area contributed by atoms with Gasteiger partial charge in [-0.2, -0.15) is 0 Å². The Labute approximate surface area is 83.6 Å². The molecule has 0 radical (unpaired) electrons. The van der Waals surface area contributed by atoms with Gasteiger partial charge in [-0.1, -0.05) is 30.0 Å². The molecule has 0 aliphatic carbocycles. The third-order valence-corrected chi connectivity index (χ3v) is 1.85. The van der Waals surface area contributed by atoms with Crippen molar-refractivity contribution in [3.05, 3.63) is 35.4 Å². The summed E-state index contributed by atoms with van der Waals surface area (Å²) >= 11 is 0. The molecule has 2 nitrogen and oxygen atoms in total. The number of aryl methyl sites for hydroxylation is 1. The fourth-order valence-corrected chi connectivity index (χ4v) is 1.21. The summed E-state index contributed by atoms with van der Waals surface area (Å²) in [5, 5.41) is 8.56. The highest BCUT2D eigenvalue weighted by Crippen LogP contribution is 2.08. The summed E-state index contributed by atoms with van der Waals surface area (Å²) in [6.07, 6.45) is 2.12. The van der Waals surface area contributed by atoms with Crippen molar-refractivity contribution < 1.29 is 9.90 Å². The standard InChI is InChI=1S/C12H12O2/c13-9-3-7-11-5-1-2-6-12(11)8-4-10-14/h1-2,5-6,9,14H,3,7,10H2. The molecule has 0 saturated heterocycles.